The van der Waals surface area contributed by atoms with E-state index in [-0.39, 0.29) is 0 Å². The maximum Gasteiger partial charge on any atom is 0.0391 e. The molecule has 0 fully saturated rings. The van der Waals surface area contributed by atoms with Gasteiger partial charge in [-0.05, 0) is 31.4 Å². The molecule has 16 heavy (non-hydrogen) atoms. The van der Waals surface area contributed by atoms with Crippen LogP contribution in [0.2, 0.25) is 0 Å². The molecule has 84 valence electrons. The molecule has 0 saturated carbocycles. The lowest BCUT2D eigenvalue weighted by Gasteiger charge is -2.15. The van der Waals surface area contributed by atoms with Crippen LogP contribution in [0.5, 0.6) is 0 Å². The molecule has 1 aromatic carbocycles. The van der Waals surface area contributed by atoms with Crippen molar-refractivity contribution in [2.45, 2.75) is 25.9 Å². The highest BCUT2D eigenvalue weighted by Crippen LogP contribution is 2.29. The molecule has 1 nitrogen and oxygen atoms in total. The number of nitrogens with one attached hydrogen (secondary N) is 1. The Bertz CT molecular complexity index is 453. The predicted octanol–water partition coefficient (Wildman–Crippen LogP) is 4.13. The molecule has 0 radical (unpaired) electrons. The topological polar surface area (TPSA) is 12.0 Å². The molecule has 2 aromatic rings. The second-order valence-electron chi connectivity index (χ2n) is 4.10. The van der Waals surface area contributed by atoms with Crippen molar-refractivity contribution >= 4 is 21.4 Å². The van der Waals surface area contributed by atoms with Crippen LogP contribution in [0.25, 0.3) is 10.1 Å². The highest BCUT2D eigenvalue weighted by molar-refractivity contribution is 7.19. The number of fused-ring (bicyclic) bond motifs is 1. The van der Waals surface area contributed by atoms with Gasteiger partial charge in [0.05, 0.1) is 0 Å². The Hall–Kier alpha value is -1.12. The van der Waals surface area contributed by atoms with Gasteiger partial charge in [-0.25, -0.2) is 0 Å². The van der Waals surface area contributed by atoms with Gasteiger partial charge in [0.2, 0.25) is 0 Å². The van der Waals surface area contributed by atoms with Crippen LogP contribution in [0.15, 0.2) is 43.0 Å². The number of hydrogen-bond acceptors (Lipinski definition) is 2. The van der Waals surface area contributed by atoms with Crippen LogP contribution < -0.4 is 5.32 Å². The van der Waals surface area contributed by atoms with E-state index in [1.807, 2.05) is 17.4 Å². The van der Waals surface area contributed by atoms with Crippen LogP contribution in [0.3, 0.4) is 0 Å². The SMILES string of the molecule is C=CC(C)NC(C)c1cc2ccccc2s1. The molecular formula is C14H17NS. The molecule has 1 heterocycles. The zero-order valence-electron chi connectivity index (χ0n) is 9.73. The Labute approximate surface area is 101 Å². The van der Waals surface area contributed by atoms with E-state index in [9.17, 15) is 0 Å². The largest absolute Gasteiger partial charge is 0.303 e. The molecule has 0 bridgehead atoms. The van der Waals surface area contributed by atoms with Crippen molar-refractivity contribution in [3.8, 4) is 0 Å². The second kappa shape index (κ2) is 4.81. The Morgan fingerprint density at radius 2 is 2.06 bits per heavy atom. The van der Waals surface area contributed by atoms with Crippen LogP contribution >= 0.6 is 11.3 Å². The molecule has 0 aliphatic rings. The van der Waals surface area contributed by atoms with Crippen LogP contribution in [0.1, 0.15) is 24.8 Å². The summed E-state index contributed by atoms with van der Waals surface area (Å²) in [4.78, 5) is 1.38. The van der Waals surface area contributed by atoms with Crippen molar-refractivity contribution < 1.29 is 0 Å². The monoisotopic (exact) mass is 231 g/mol. The summed E-state index contributed by atoms with van der Waals surface area (Å²) in [5, 5.41) is 4.83. The summed E-state index contributed by atoms with van der Waals surface area (Å²) in [5.41, 5.74) is 0. The number of hydrogen-bond donors (Lipinski definition) is 1. The fourth-order valence-electron chi connectivity index (χ4n) is 1.76. The first-order chi connectivity index (χ1) is 7.70. The van der Waals surface area contributed by atoms with E-state index in [2.05, 4.69) is 56.1 Å². The van der Waals surface area contributed by atoms with Gasteiger partial charge < -0.3 is 5.32 Å². The third-order valence-electron chi connectivity index (χ3n) is 2.74. The van der Waals surface area contributed by atoms with Crippen LogP contribution in [-0.2, 0) is 0 Å². The lowest BCUT2D eigenvalue weighted by atomic mass is 10.2. The van der Waals surface area contributed by atoms with E-state index < -0.39 is 0 Å². The number of thiophene rings is 1. The second-order valence-corrected chi connectivity index (χ2v) is 5.21. The first-order valence-corrected chi connectivity index (χ1v) is 6.39. The third kappa shape index (κ3) is 2.34. The molecule has 0 spiro atoms. The Kier molecular flexibility index (Phi) is 3.42. The summed E-state index contributed by atoms with van der Waals surface area (Å²) in [6, 6.07) is 11.5. The summed E-state index contributed by atoms with van der Waals surface area (Å²) < 4.78 is 1.36. The van der Waals surface area contributed by atoms with Gasteiger partial charge in [0.1, 0.15) is 0 Å². The van der Waals surface area contributed by atoms with Gasteiger partial charge in [0.25, 0.3) is 0 Å². The molecule has 1 N–H and O–H groups in total. The normalized spacial score (nSPS) is 14.9. The molecule has 2 rings (SSSR count). The molecule has 0 aliphatic carbocycles. The maximum atomic E-state index is 3.79. The highest BCUT2D eigenvalue weighted by Gasteiger charge is 2.10. The Morgan fingerprint density at radius 1 is 1.31 bits per heavy atom. The van der Waals surface area contributed by atoms with Crippen molar-refractivity contribution in [1.29, 1.82) is 0 Å². The minimum absolute atomic E-state index is 0.347. The summed E-state index contributed by atoms with van der Waals surface area (Å²) in [6.45, 7) is 8.11. The van der Waals surface area contributed by atoms with E-state index in [1.165, 1.54) is 15.0 Å². The van der Waals surface area contributed by atoms with Gasteiger partial charge in [0, 0.05) is 21.7 Å². The zero-order valence-corrected chi connectivity index (χ0v) is 10.6. The highest BCUT2D eigenvalue weighted by atomic mass is 32.1. The molecule has 2 unspecified atom stereocenters. The fraction of sp³-hybridized carbons (Fsp3) is 0.286. The summed E-state index contributed by atoms with van der Waals surface area (Å²) in [6.07, 6.45) is 1.93. The third-order valence-corrected chi connectivity index (χ3v) is 4.04. The van der Waals surface area contributed by atoms with Gasteiger partial charge in [-0.3, -0.25) is 0 Å². The van der Waals surface area contributed by atoms with Gasteiger partial charge in [-0.1, -0.05) is 24.3 Å². The average Bonchev–Trinajstić information content (AvgIpc) is 2.72. The Morgan fingerprint density at radius 3 is 2.75 bits per heavy atom. The lowest BCUT2D eigenvalue weighted by molar-refractivity contribution is 0.544. The minimum Gasteiger partial charge on any atom is -0.303 e. The van der Waals surface area contributed by atoms with Crippen molar-refractivity contribution in [3.05, 3.63) is 47.9 Å². The van der Waals surface area contributed by atoms with Crippen molar-refractivity contribution in [2.24, 2.45) is 0 Å². The molecular weight excluding hydrogens is 214 g/mol. The molecule has 2 atom stereocenters. The fourth-order valence-corrected chi connectivity index (χ4v) is 2.84. The lowest BCUT2D eigenvalue weighted by Crippen LogP contribution is -2.26. The van der Waals surface area contributed by atoms with Crippen LogP contribution in [0.4, 0.5) is 0 Å². The van der Waals surface area contributed by atoms with E-state index >= 15 is 0 Å². The summed E-state index contributed by atoms with van der Waals surface area (Å²) >= 11 is 1.86. The van der Waals surface area contributed by atoms with Crippen molar-refractivity contribution in [1.82, 2.24) is 5.32 Å². The zero-order chi connectivity index (χ0) is 11.5. The van der Waals surface area contributed by atoms with Crippen LogP contribution in [-0.4, -0.2) is 6.04 Å². The van der Waals surface area contributed by atoms with Gasteiger partial charge in [-0.15, -0.1) is 17.9 Å². The summed E-state index contributed by atoms with van der Waals surface area (Å²) in [7, 11) is 0. The quantitative estimate of drug-likeness (QED) is 0.780. The molecule has 0 saturated heterocycles. The molecule has 1 aromatic heterocycles. The van der Waals surface area contributed by atoms with Gasteiger partial charge in [-0.2, -0.15) is 0 Å². The average molecular weight is 231 g/mol. The van der Waals surface area contributed by atoms with E-state index in [0.29, 0.717) is 12.1 Å². The molecule has 0 amide bonds. The van der Waals surface area contributed by atoms with E-state index in [1.54, 1.807) is 0 Å². The first kappa shape index (κ1) is 11.4. The van der Waals surface area contributed by atoms with Crippen molar-refractivity contribution in [2.75, 3.05) is 0 Å². The summed E-state index contributed by atoms with van der Waals surface area (Å²) in [5.74, 6) is 0. The standard InChI is InChI=1S/C14H17NS/c1-4-10(2)15-11(3)14-9-12-7-5-6-8-13(12)16-14/h4-11,15H,1H2,2-3H3. The van der Waals surface area contributed by atoms with Gasteiger partial charge in [0.15, 0.2) is 0 Å². The molecule has 2 heteroatoms. The number of rotatable bonds is 4. The first-order valence-electron chi connectivity index (χ1n) is 5.58. The maximum absolute atomic E-state index is 3.79. The smallest absolute Gasteiger partial charge is 0.0391 e. The molecule has 0 aliphatic heterocycles. The van der Waals surface area contributed by atoms with Crippen molar-refractivity contribution in [3.63, 3.8) is 0 Å². The number of benzene rings is 1. The predicted molar refractivity (Wildman–Crippen MR) is 73.0 cm³/mol. The van der Waals surface area contributed by atoms with E-state index in [0.717, 1.165) is 0 Å². The van der Waals surface area contributed by atoms with Crippen LogP contribution in [0, 0.1) is 0 Å². The van der Waals surface area contributed by atoms with Gasteiger partial charge >= 0.3 is 0 Å². The minimum atomic E-state index is 0.347. The van der Waals surface area contributed by atoms with E-state index in [4.69, 9.17) is 0 Å². The Balaban J connectivity index is 2.22.